The van der Waals surface area contributed by atoms with Gasteiger partial charge in [0.1, 0.15) is 5.60 Å². The Balaban J connectivity index is 2.85. The summed E-state index contributed by atoms with van der Waals surface area (Å²) >= 11 is 2.94. The van der Waals surface area contributed by atoms with Crippen molar-refractivity contribution in [1.29, 1.82) is 0 Å². The first-order valence-electron chi connectivity index (χ1n) is 5.77. The van der Waals surface area contributed by atoms with Gasteiger partial charge in [0.05, 0.1) is 11.1 Å². The highest BCUT2D eigenvalue weighted by atomic mass is 79.9. The standard InChI is InChI=1S/C12H14BrN3O5/c1-12(2,3)21-11(18)15-14-6-7-4-8(16(19)20)5-9(13)10(7)17/h4-6,17H,1-3H3,(H,15,18)/p-1/b14-6-. The number of halogens is 1. The molecule has 0 fully saturated rings. The van der Waals surface area contributed by atoms with Gasteiger partial charge < -0.3 is 9.84 Å². The summed E-state index contributed by atoms with van der Waals surface area (Å²) < 4.78 is 4.97. The van der Waals surface area contributed by atoms with Crippen molar-refractivity contribution in [3.05, 3.63) is 32.3 Å². The van der Waals surface area contributed by atoms with Crippen molar-refractivity contribution in [1.82, 2.24) is 5.43 Å². The van der Waals surface area contributed by atoms with Gasteiger partial charge in [-0.25, -0.2) is 10.2 Å². The second kappa shape index (κ2) is 6.53. The van der Waals surface area contributed by atoms with Gasteiger partial charge >= 0.3 is 6.09 Å². The summed E-state index contributed by atoms with van der Waals surface area (Å²) in [4.78, 5) is 21.4. The maximum atomic E-state index is 11.7. The Morgan fingerprint density at radius 2 is 2.10 bits per heavy atom. The number of nitrogens with zero attached hydrogens (tertiary/aromatic N) is 2. The van der Waals surface area contributed by atoms with Gasteiger partial charge in [-0.2, -0.15) is 5.10 Å². The van der Waals surface area contributed by atoms with Gasteiger partial charge in [-0.05, 0) is 26.3 Å². The predicted octanol–water partition coefficient (Wildman–Crippen LogP) is 2.29. The molecule has 114 valence electrons. The summed E-state index contributed by atoms with van der Waals surface area (Å²) in [6.45, 7) is 5.05. The molecule has 0 spiro atoms. The molecule has 0 bridgehead atoms. The van der Waals surface area contributed by atoms with Gasteiger partial charge in [0.25, 0.3) is 5.69 Å². The Morgan fingerprint density at radius 1 is 1.48 bits per heavy atom. The van der Waals surface area contributed by atoms with Crippen molar-refractivity contribution < 1.29 is 19.6 Å². The lowest BCUT2D eigenvalue weighted by Crippen LogP contribution is -2.29. The van der Waals surface area contributed by atoms with Gasteiger partial charge in [0.15, 0.2) is 0 Å². The maximum absolute atomic E-state index is 11.7. The Kier molecular flexibility index (Phi) is 5.25. The smallest absolute Gasteiger partial charge is 0.428 e. The Bertz CT molecular complexity index is 595. The molecular formula is C12H13BrN3O5-. The fourth-order valence-electron chi connectivity index (χ4n) is 1.26. The lowest BCUT2D eigenvalue weighted by molar-refractivity contribution is -0.385. The summed E-state index contributed by atoms with van der Waals surface area (Å²) in [5.41, 5.74) is 1.09. The number of carbonyl (C=O) groups excluding carboxylic acids is 1. The molecule has 1 aromatic rings. The van der Waals surface area contributed by atoms with E-state index in [-0.39, 0.29) is 15.7 Å². The minimum absolute atomic E-state index is 0.0351. The molecule has 0 aliphatic carbocycles. The quantitative estimate of drug-likeness (QED) is 0.505. The number of ether oxygens (including phenoxy) is 1. The number of hydrogen-bond donors (Lipinski definition) is 1. The zero-order chi connectivity index (χ0) is 16.2. The van der Waals surface area contributed by atoms with Crippen molar-refractivity contribution in [3.63, 3.8) is 0 Å². The number of hydrogen-bond acceptors (Lipinski definition) is 6. The molecule has 0 saturated carbocycles. The van der Waals surface area contributed by atoms with Crippen LogP contribution in [0.3, 0.4) is 0 Å². The molecule has 1 amide bonds. The van der Waals surface area contributed by atoms with Gasteiger partial charge in [-0.1, -0.05) is 21.7 Å². The fraction of sp³-hybridized carbons (Fsp3) is 0.333. The molecule has 0 radical (unpaired) electrons. The van der Waals surface area contributed by atoms with Crippen LogP contribution in [0.15, 0.2) is 21.7 Å². The Morgan fingerprint density at radius 3 is 2.62 bits per heavy atom. The summed E-state index contributed by atoms with van der Waals surface area (Å²) in [6, 6.07) is 2.16. The minimum atomic E-state index is -0.796. The molecule has 1 aromatic carbocycles. The molecule has 1 N–H and O–H groups in total. The molecule has 0 saturated heterocycles. The molecule has 0 unspecified atom stereocenters. The Labute approximate surface area is 129 Å². The number of benzene rings is 1. The van der Waals surface area contributed by atoms with E-state index in [9.17, 15) is 20.0 Å². The van der Waals surface area contributed by atoms with Crippen LogP contribution < -0.4 is 10.5 Å². The van der Waals surface area contributed by atoms with Crippen LogP contribution >= 0.6 is 15.9 Å². The highest BCUT2D eigenvalue weighted by molar-refractivity contribution is 9.10. The average Bonchev–Trinajstić information content (AvgIpc) is 2.31. The molecule has 8 nitrogen and oxygen atoms in total. The average molecular weight is 359 g/mol. The molecule has 0 atom stereocenters. The number of rotatable bonds is 3. The predicted molar refractivity (Wildman–Crippen MR) is 77.2 cm³/mol. The van der Waals surface area contributed by atoms with Crippen LogP contribution in [0.1, 0.15) is 26.3 Å². The van der Waals surface area contributed by atoms with Crippen LogP contribution in [0, 0.1) is 10.1 Å². The zero-order valence-electron chi connectivity index (χ0n) is 11.5. The first-order chi connectivity index (χ1) is 9.60. The summed E-state index contributed by atoms with van der Waals surface area (Å²) in [6.07, 6.45) is 0.222. The summed E-state index contributed by atoms with van der Waals surface area (Å²) in [7, 11) is 0. The van der Waals surface area contributed by atoms with Crippen LogP contribution in [-0.4, -0.2) is 22.8 Å². The fourth-order valence-corrected chi connectivity index (χ4v) is 1.72. The lowest BCUT2D eigenvalue weighted by Gasteiger charge is -2.18. The van der Waals surface area contributed by atoms with E-state index in [0.29, 0.717) is 0 Å². The van der Waals surface area contributed by atoms with Gasteiger partial charge in [0, 0.05) is 16.6 Å². The number of nitrogens with one attached hydrogen (secondary N) is 1. The maximum Gasteiger partial charge on any atom is 0.428 e. The van der Waals surface area contributed by atoms with E-state index in [1.54, 1.807) is 20.8 Å². The van der Waals surface area contributed by atoms with Crippen molar-refractivity contribution >= 4 is 33.9 Å². The number of hydrazone groups is 1. The molecule has 0 aromatic heterocycles. The van der Waals surface area contributed by atoms with Crippen LogP contribution in [-0.2, 0) is 4.74 Å². The molecule has 9 heteroatoms. The van der Waals surface area contributed by atoms with E-state index in [1.165, 1.54) is 0 Å². The molecule has 0 heterocycles. The van der Waals surface area contributed by atoms with E-state index in [2.05, 4.69) is 26.5 Å². The van der Waals surface area contributed by atoms with Gasteiger partial charge in [0.2, 0.25) is 0 Å². The second-order valence-corrected chi connectivity index (χ2v) is 5.83. The first-order valence-corrected chi connectivity index (χ1v) is 6.56. The molecular weight excluding hydrogens is 346 g/mol. The first kappa shape index (κ1) is 16.9. The van der Waals surface area contributed by atoms with Crippen LogP contribution in [0.4, 0.5) is 10.5 Å². The van der Waals surface area contributed by atoms with Crippen molar-refractivity contribution in [3.8, 4) is 5.75 Å². The number of amides is 1. The van der Waals surface area contributed by atoms with E-state index in [0.717, 1.165) is 18.3 Å². The highest BCUT2D eigenvalue weighted by Crippen LogP contribution is 2.29. The van der Waals surface area contributed by atoms with Crippen LogP contribution in [0.2, 0.25) is 0 Å². The summed E-state index contributed by atoms with van der Waals surface area (Å²) in [5, 5.41) is 26.0. The van der Waals surface area contributed by atoms with E-state index in [4.69, 9.17) is 4.74 Å². The SMILES string of the molecule is CC(C)(C)OC(=O)N/N=C\c1cc([N+](=O)[O-])cc(Br)c1[O-]. The zero-order valence-corrected chi connectivity index (χ0v) is 13.1. The third-order valence-electron chi connectivity index (χ3n) is 2.03. The number of nitro benzene ring substituents is 1. The molecule has 0 aliphatic rings. The minimum Gasteiger partial charge on any atom is -0.871 e. The molecule has 0 aliphatic heterocycles. The second-order valence-electron chi connectivity index (χ2n) is 4.97. The van der Waals surface area contributed by atoms with Crippen molar-refractivity contribution in [2.75, 3.05) is 0 Å². The largest absolute Gasteiger partial charge is 0.871 e. The molecule has 1 rings (SSSR count). The van der Waals surface area contributed by atoms with Crippen molar-refractivity contribution in [2.45, 2.75) is 26.4 Å². The normalized spacial score (nSPS) is 11.4. The number of carbonyl (C=O) groups is 1. The highest BCUT2D eigenvalue weighted by Gasteiger charge is 2.15. The van der Waals surface area contributed by atoms with Gasteiger partial charge in [-0.15, -0.1) is 0 Å². The monoisotopic (exact) mass is 358 g/mol. The third kappa shape index (κ3) is 5.38. The number of non-ortho nitro benzene ring substituents is 1. The molecule has 21 heavy (non-hydrogen) atoms. The van der Waals surface area contributed by atoms with E-state index < -0.39 is 22.4 Å². The summed E-state index contributed by atoms with van der Waals surface area (Å²) in [5.74, 6) is -0.477. The Hall–Kier alpha value is -2.16. The topological polar surface area (TPSA) is 117 Å². The van der Waals surface area contributed by atoms with Crippen LogP contribution in [0.5, 0.6) is 5.75 Å². The lowest BCUT2D eigenvalue weighted by atomic mass is 10.2. The van der Waals surface area contributed by atoms with Crippen LogP contribution in [0.25, 0.3) is 0 Å². The number of nitro groups is 1. The van der Waals surface area contributed by atoms with Gasteiger partial charge in [-0.3, -0.25) is 10.1 Å². The third-order valence-corrected chi connectivity index (χ3v) is 2.62. The van der Waals surface area contributed by atoms with Crippen molar-refractivity contribution in [2.24, 2.45) is 5.10 Å². The van der Waals surface area contributed by atoms with E-state index >= 15 is 0 Å². The van der Waals surface area contributed by atoms with E-state index in [1.807, 2.05) is 0 Å².